The van der Waals surface area contributed by atoms with Crippen molar-refractivity contribution in [3.05, 3.63) is 53.1 Å². The van der Waals surface area contributed by atoms with E-state index in [0.29, 0.717) is 17.3 Å². The van der Waals surface area contributed by atoms with Crippen LogP contribution in [0.1, 0.15) is 38.7 Å². The first-order chi connectivity index (χ1) is 15.1. The Morgan fingerprint density at radius 1 is 1.16 bits per heavy atom. The van der Waals surface area contributed by atoms with E-state index in [-0.39, 0.29) is 29.2 Å². The molecule has 0 aromatic heterocycles. The number of nitrogens with zero attached hydrogens (tertiary/aromatic N) is 2. The van der Waals surface area contributed by atoms with Crippen LogP contribution in [0.2, 0.25) is 5.02 Å². The van der Waals surface area contributed by atoms with E-state index in [4.69, 9.17) is 11.6 Å². The fraction of sp³-hybridized carbons (Fsp3) is 0.458. The summed E-state index contributed by atoms with van der Waals surface area (Å²) in [4.78, 5) is 14.6. The second-order valence-electron chi connectivity index (χ2n) is 9.00. The van der Waals surface area contributed by atoms with Crippen LogP contribution in [0.3, 0.4) is 0 Å². The predicted molar refractivity (Wildman–Crippen MR) is 131 cm³/mol. The first kappa shape index (κ1) is 24.6. The molecular formula is C24H32ClN3O3S. The molecule has 0 aliphatic heterocycles. The Morgan fingerprint density at radius 3 is 2.44 bits per heavy atom. The second-order valence-corrected chi connectivity index (χ2v) is 11.4. The van der Waals surface area contributed by atoms with E-state index < -0.39 is 10.0 Å². The summed E-state index contributed by atoms with van der Waals surface area (Å²) < 4.78 is 28.5. The van der Waals surface area contributed by atoms with Crippen molar-refractivity contribution in [2.75, 3.05) is 30.9 Å². The summed E-state index contributed by atoms with van der Waals surface area (Å²) in [5.74, 6) is 0.242. The van der Waals surface area contributed by atoms with E-state index in [1.807, 2.05) is 51.0 Å². The van der Waals surface area contributed by atoms with Gasteiger partial charge in [-0.2, -0.15) is 4.31 Å². The van der Waals surface area contributed by atoms with Crippen LogP contribution in [-0.2, 0) is 21.4 Å². The molecule has 1 amide bonds. The van der Waals surface area contributed by atoms with Gasteiger partial charge in [0.2, 0.25) is 15.9 Å². The van der Waals surface area contributed by atoms with Crippen molar-refractivity contribution in [2.24, 2.45) is 11.8 Å². The van der Waals surface area contributed by atoms with Crippen molar-refractivity contribution in [1.29, 1.82) is 0 Å². The molecule has 2 aromatic rings. The molecule has 0 heterocycles. The number of carbonyl (C=O) groups excluding carboxylic acids is 1. The lowest BCUT2D eigenvalue weighted by atomic mass is 9.85. The van der Waals surface area contributed by atoms with Gasteiger partial charge in [-0.25, -0.2) is 8.42 Å². The topological polar surface area (TPSA) is 69.7 Å². The third-order valence-corrected chi connectivity index (χ3v) is 7.70. The number of nitrogens with one attached hydrogen (secondary N) is 1. The molecule has 0 unspecified atom stereocenters. The molecule has 1 aliphatic carbocycles. The highest BCUT2D eigenvalue weighted by Gasteiger charge is 2.28. The largest absolute Gasteiger partial charge is 0.377 e. The van der Waals surface area contributed by atoms with E-state index in [9.17, 15) is 13.2 Å². The third kappa shape index (κ3) is 5.82. The first-order valence-corrected chi connectivity index (χ1v) is 12.8. The molecule has 0 saturated heterocycles. The van der Waals surface area contributed by atoms with Gasteiger partial charge in [-0.3, -0.25) is 4.79 Å². The summed E-state index contributed by atoms with van der Waals surface area (Å²) in [5, 5.41) is 3.38. The van der Waals surface area contributed by atoms with Crippen LogP contribution in [0.5, 0.6) is 0 Å². The van der Waals surface area contributed by atoms with Crippen molar-refractivity contribution in [3.63, 3.8) is 0 Å². The maximum absolute atomic E-state index is 13.5. The van der Waals surface area contributed by atoms with E-state index in [1.54, 1.807) is 18.2 Å². The molecule has 3 rings (SSSR count). The summed E-state index contributed by atoms with van der Waals surface area (Å²) in [7, 11) is 0.0803. The van der Waals surface area contributed by atoms with Gasteiger partial charge in [0.1, 0.15) is 0 Å². The first-order valence-electron chi connectivity index (χ1n) is 10.9. The zero-order valence-electron chi connectivity index (χ0n) is 19.1. The smallest absolute Gasteiger partial charge is 0.243 e. The number of anilines is 2. The normalized spacial score (nSPS) is 14.5. The van der Waals surface area contributed by atoms with Gasteiger partial charge < -0.3 is 10.2 Å². The van der Waals surface area contributed by atoms with Crippen molar-refractivity contribution in [1.82, 2.24) is 4.31 Å². The van der Waals surface area contributed by atoms with Crippen LogP contribution < -0.4 is 10.2 Å². The lowest BCUT2D eigenvalue weighted by molar-refractivity contribution is -0.122. The Morgan fingerprint density at radius 2 is 1.88 bits per heavy atom. The number of carbonyl (C=O) groups is 1. The molecule has 1 fully saturated rings. The molecule has 8 heteroatoms. The lowest BCUT2D eigenvalue weighted by Gasteiger charge is -2.28. The number of hydrogen-bond donors (Lipinski definition) is 1. The zero-order valence-corrected chi connectivity index (χ0v) is 20.7. The number of halogens is 1. The Kier molecular flexibility index (Phi) is 7.85. The van der Waals surface area contributed by atoms with Crippen molar-refractivity contribution >= 4 is 38.9 Å². The fourth-order valence-electron chi connectivity index (χ4n) is 3.76. The van der Waals surface area contributed by atoms with Gasteiger partial charge in [0.05, 0.1) is 4.90 Å². The quantitative estimate of drug-likeness (QED) is 0.552. The molecule has 0 radical (unpaired) electrons. The number of amides is 1. The van der Waals surface area contributed by atoms with E-state index in [2.05, 4.69) is 5.32 Å². The van der Waals surface area contributed by atoms with Crippen LogP contribution in [0.15, 0.2) is 47.4 Å². The maximum Gasteiger partial charge on any atom is 0.243 e. The fourth-order valence-corrected chi connectivity index (χ4v) is 5.65. The zero-order chi connectivity index (χ0) is 23.5. The summed E-state index contributed by atoms with van der Waals surface area (Å²) in [6, 6.07) is 12.0. The van der Waals surface area contributed by atoms with Crippen LogP contribution >= 0.6 is 11.6 Å². The molecule has 6 nitrogen and oxygen atoms in total. The molecule has 174 valence electrons. The Hall–Kier alpha value is -2.09. The highest BCUT2D eigenvalue weighted by Crippen LogP contribution is 2.30. The van der Waals surface area contributed by atoms with Crippen molar-refractivity contribution in [2.45, 2.75) is 44.6 Å². The van der Waals surface area contributed by atoms with E-state index >= 15 is 0 Å². The summed E-state index contributed by atoms with van der Waals surface area (Å²) in [6.07, 6.45) is 2.94. The highest BCUT2D eigenvalue weighted by molar-refractivity contribution is 7.89. The van der Waals surface area contributed by atoms with Crippen LogP contribution in [0.4, 0.5) is 11.4 Å². The molecular weight excluding hydrogens is 446 g/mol. The van der Waals surface area contributed by atoms with Crippen molar-refractivity contribution < 1.29 is 13.2 Å². The predicted octanol–water partition coefficient (Wildman–Crippen LogP) is 4.99. The molecule has 0 bridgehead atoms. The van der Waals surface area contributed by atoms with Crippen LogP contribution in [0, 0.1) is 11.8 Å². The van der Waals surface area contributed by atoms with Gasteiger partial charge in [-0.15, -0.1) is 0 Å². The Bertz CT molecular complexity index is 1070. The number of sulfonamides is 1. The van der Waals surface area contributed by atoms with E-state index in [0.717, 1.165) is 30.5 Å². The number of rotatable bonds is 9. The molecule has 0 atom stereocenters. The monoisotopic (exact) mass is 477 g/mol. The van der Waals surface area contributed by atoms with Crippen LogP contribution in [-0.4, -0.2) is 39.3 Å². The maximum atomic E-state index is 13.5. The average molecular weight is 478 g/mol. The van der Waals surface area contributed by atoms with Gasteiger partial charge in [0.15, 0.2) is 0 Å². The van der Waals surface area contributed by atoms with Gasteiger partial charge in [-0.1, -0.05) is 37.9 Å². The highest BCUT2D eigenvalue weighted by atomic mass is 35.5. The molecule has 2 aromatic carbocycles. The van der Waals surface area contributed by atoms with Crippen LogP contribution in [0.25, 0.3) is 0 Å². The van der Waals surface area contributed by atoms with Crippen molar-refractivity contribution in [3.8, 4) is 0 Å². The minimum absolute atomic E-state index is 0.0328. The van der Waals surface area contributed by atoms with Gasteiger partial charge in [0.25, 0.3) is 0 Å². The molecule has 32 heavy (non-hydrogen) atoms. The van der Waals surface area contributed by atoms with Gasteiger partial charge in [-0.05, 0) is 60.7 Å². The summed E-state index contributed by atoms with van der Waals surface area (Å²) in [5.41, 5.74) is 2.42. The number of benzene rings is 2. The summed E-state index contributed by atoms with van der Waals surface area (Å²) >= 11 is 6.07. The minimum Gasteiger partial charge on any atom is -0.377 e. The average Bonchev–Trinajstić information content (AvgIpc) is 2.65. The Labute approximate surface area is 196 Å². The lowest BCUT2D eigenvalue weighted by Crippen LogP contribution is -2.34. The third-order valence-electron chi connectivity index (χ3n) is 5.65. The van der Waals surface area contributed by atoms with Gasteiger partial charge in [0, 0.05) is 49.5 Å². The van der Waals surface area contributed by atoms with E-state index in [1.165, 1.54) is 10.4 Å². The van der Waals surface area contributed by atoms with Gasteiger partial charge >= 0.3 is 0 Å². The standard InChI is InChI=1S/C24H32ClN3O3S/c1-17(2)15-28(32(30,31)22-10-6-9-20(25)14-22)16-19-13-21(11-12-23(19)27(3)4)26-24(29)18-7-5-8-18/h6,9-14,17-18H,5,7-8,15-16H2,1-4H3,(H,26,29). The minimum atomic E-state index is -3.76. The molecule has 1 N–H and O–H groups in total. The second kappa shape index (κ2) is 10.2. The Balaban J connectivity index is 1.95. The molecule has 1 saturated carbocycles. The molecule has 1 aliphatic rings. The SMILES string of the molecule is CC(C)CN(Cc1cc(NC(=O)C2CCC2)ccc1N(C)C)S(=O)(=O)c1cccc(Cl)c1. The molecule has 0 spiro atoms. The summed E-state index contributed by atoms with van der Waals surface area (Å²) in [6.45, 7) is 4.53. The number of hydrogen-bond acceptors (Lipinski definition) is 4.